The van der Waals surface area contributed by atoms with Crippen molar-refractivity contribution in [2.45, 2.75) is 45.1 Å². The molecule has 2 rings (SSSR count). The second kappa shape index (κ2) is 6.85. The second-order valence-electron chi connectivity index (χ2n) is 4.97. The summed E-state index contributed by atoms with van der Waals surface area (Å²) in [6.45, 7) is 1.77. The first kappa shape index (κ1) is 13.5. The normalized spacial score (nSPS) is 16.2. The largest absolute Gasteiger partial charge is 0.324 e. The van der Waals surface area contributed by atoms with E-state index in [9.17, 15) is 10.1 Å². The summed E-state index contributed by atoms with van der Waals surface area (Å²) in [5.41, 5.74) is 0. The molecule has 18 heavy (non-hydrogen) atoms. The van der Waals surface area contributed by atoms with Crippen LogP contribution in [0.2, 0.25) is 0 Å². The van der Waals surface area contributed by atoms with Gasteiger partial charge >= 0.3 is 5.00 Å². The maximum absolute atomic E-state index is 10.5. The molecule has 0 aromatic carbocycles. The predicted octanol–water partition coefficient (Wildman–Crippen LogP) is 3.72. The molecule has 0 spiro atoms. The summed E-state index contributed by atoms with van der Waals surface area (Å²) in [5.74, 6) is 0.953. The van der Waals surface area contributed by atoms with Crippen LogP contribution in [0.3, 0.4) is 0 Å². The van der Waals surface area contributed by atoms with E-state index < -0.39 is 0 Å². The van der Waals surface area contributed by atoms with E-state index in [1.807, 2.05) is 6.07 Å². The summed E-state index contributed by atoms with van der Waals surface area (Å²) in [6, 6.07) is 3.42. The van der Waals surface area contributed by atoms with Crippen molar-refractivity contribution < 1.29 is 4.92 Å². The highest BCUT2D eigenvalue weighted by atomic mass is 32.1. The van der Waals surface area contributed by atoms with E-state index in [-0.39, 0.29) is 9.92 Å². The molecule has 0 aliphatic heterocycles. The molecule has 1 aromatic heterocycles. The van der Waals surface area contributed by atoms with Crippen LogP contribution in [0.5, 0.6) is 0 Å². The highest BCUT2D eigenvalue weighted by Crippen LogP contribution is 2.28. The van der Waals surface area contributed by atoms with Crippen LogP contribution in [-0.4, -0.2) is 11.5 Å². The zero-order valence-corrected chi connectivity index (χ0v) is 11.4. The Balaban J connectivity index is 1.58. The fraction of sp³-hybridized carbons (Fsp3) is 0.692. The van der Waals surface area contributed by atoms with Gasteiger partial charge in [-0.25, -0.2) is 0 Å². The Hall–Kier alpha value is -0.940. The Morgan fingerprint density at radius 3 is 2.83 bits per heavy atom. The summed E-state index contributed by atoms with van der Waals surface area (Å²) >= 11 is 1.26. The number of nitrogens with zero attached hydrogens (tertiary/aromatic N) is 1. The lowest BCUT2D eigenvalue weighted by molar-refractivity contribution is -0.380. The van der Waals surface area contributed by atoms with Gasteiger partial charge in [0.05, 0.1) is 4.92 Å². The van der Waals surface area contributed by atoms with Gasteiger partial charge in [-0.3, -0.25) is 10.1 Å². The van der Waals surface area contributed by atoms with E-state index in [0.29, 0.717) is 0 Å². The molecule has 0 bridgehead atoms. The molecular weight excluding hydrogens is 248 g/mol. The minimum Gasteiger partial charge on any atom is -0.312 e. The van der Waals surface area contributed by atoms with Crippen LogP contribution in [0.4, 0.5) is 5.00 Å². The van der Waals surface area contributed by atoms with Gasteiger partial charge in [0.15, 0.2) is 0 Å². The molecule has 0 amide bonds. The second-order valence-corrected chi connectivity index (χ2v) is 6.11. The molecule has 0 atom stereocenters. The Labute approximate surface area is 112 Å². The van der Waals surface area contributed by atoms with Crippen molar-refractivity contribution in [2.24, 2.45) is 5.92 Å². The topological polar surface area (TPSA) is 55.2 Å². The van der Waals surface area contributed by atoms with Crippen LogP contribution in [-0.2, 0) is 6.54 Å². The standard InChI is InChI=1S/C13H20N2O2S/c16-15(17)13-8-7-12(18-13)10-14-9-3-6-11-4-1-2-5-11/h7-8,11,14H,1-6,9-10H2. The molecule has 1 aliphatic carbocycles. The molecule has 1 aromatic rings. The van der Waals surface area contributed by atoms with Crippen molar-refractivity contribution in [3.05, 3.63) is 27.1 Å². The lowest BCUT2D eigenvalue weighted by Crippen LogP contribution is -2.14. The van der Waals surface area contributed by atoms with Gasteiger partial charge in [-0.1, -0.05) is 37.0 Å². The first-order valence-corrected chi connectivity index (χ1v) is 7.51. The van der Waals surface area contributed by atoms with Gasteiger partial charge in [0, 0.05) is 17.5 Å². The SMILES string of the molecule is O=[N+]([O-])c1ccc(CNCCCC2CCCC2)s1. The number of hydrogen-bond acceptors (Lipinski definition) is 4. The molecule has 1 N–H and O–H groups in total. The molecule has 0 radical (unpaired) electrons. The molecule has 1 saturated carbocycles. The van der Waals surface area contributed by atoms with Gasteiger partial charge in [0.2, 0.25) is 0 Å². The summed E-state index contributed by atoms with van der Waals surface area (Å²) in [4.78, 5) is 11.3. The first-order valence-electron chi connectivity index (χ1n) is 6.69. The monoisotopic (exact) mass is 268 g/mol. The first-order chi connectivity index (χ1) is 8.75. The third kappa shape index (κ3) is 4.07. The van der Waals surface area contributed by atoms with Crippen LogP contribution in [0.25, 0.3) is 0 Å². The smallest absolute Gasteiger partial charge is 0.312 e. The fourth-order valence-corrected chi connectivity index (χ4v) is 3.38. The Kier molecular flexibility index (Phi) is 5.13. The molecular formula is C13H20N2O2S. The molecule has 100 valence electrons. The summed E-state index contributed by atoms with van der Waals surface area (Å²) < 4.78 is 0. The lowest BCUT2D eigenvalue weighted by atomic mass is 10.0. The average molecular weight is 268 g/mol. The van der Waals surface area contributed by atoms with E-state index >= 15 is 0 Å². The summed E-state index contributed by atoms with van der Waals surface area (Å²) in [5, 5.41) is 14.1. The molecule has 1 heterocycles. The quantitative estimate of drug-likeness (QED) is 0.466. The highest BCUT2D eigenvalue weighted by molar-refractivity contribution is 7.15. The lowest BCUT2D eigenvalue weighted by Gasteiger charge is -2.08. The van der Waals surface area contributed by atoms with Crippen molar-refractivity contribution in [3.8, 4) is 0 Å². The van der Waals surface area contributed by atoms with Crippen molar-refractivity contribution in [3.63, 3.8) is 0 Å². The zero-order valence-electron chi connectivity index (χ0n) is 10.6. The van der Waals surface area contributed by atoms with E-state index in [1.165, 1.54) is 49.9 Å². The molecule has 1 fully saturated rings. The molecule has 5 heteroatoms. The van der Waals surface area contributed by atoms with Crippen molar-refractivity contribution in [1.29, 1.82) is 0 Å². The molecule has 0 saturated heterocycles. The van der Waals surface area contributed by atoms with Gasteiger partial charge in [-0.2, -0.15) is 0 Å². The van der Waals surface area contributed by atoms with E-state index in [0.717, 1.165) is 23.9 Å². The van der Waals surface area contributed by atoms with Gasteiger partial charge < -0.3 is 5.32 Å². The molecule has 4 nitrogen and oxygen atoms in total. The van der Waals surface area contributed by atoms with Gasteiger partial charge in [0.1, 0.15) is 0 Å². The zero-order chi connectivity index (χ0) is 12.8. The maximum Gasteiger partial charge on any atom is 0.324 e. The third-order valence-electron chi connectivity index (χ3n) is 3.57. The minimum atomic E-state index is -0.325. The average Bonchev–Trinajstić information content (AvgIpc) is 2.98. The Morgan fingerprint density at radius 1 is 1.39 bits per heavy atom. The number of nitro groups is 1. The van der Waals surface area contributed by atoms with Crippen LogP contribution >= 0.6 is 11.3 Å². The van der Waals surface area contributed by atoms with Crippen molar-refractivity contribution in [1.82, 2.24) is 5.32 Å². The van der Waals surface area contributed by atoms with Crippen molar-refractivity contribution >= 4 is 16.3 Å². The minimum absolute atomic E-state index is 0.234. The van der Waals surface area contributed by atoms with Gasteiger partial charge in [-0.15, -0.1) is 0 Å². The summed E-state index contributed by atoms with van der Waals surface area (Å²) in [6.07, 6.45) is 8.21. The number of nitrogens with one attached hydrogen (secondary N) is 1. The van der Waals surface area contributed by atoms with Crippen LogP contribution in [0.1, 0.15) is 43.4 Å². The number of hydrogen-bond donors (Lipinski definition) is 1. The van der Waals surface area contributed by atoms with Gasteiger partial charge in [-0.05, 0) is 31.4 Å². The Morgan fingerprint density at radius 2 is 2.17 bits per heavy atom. The predicted molar refractivity (Wildman–Crippen MR) is 73.9 cm³/mol. The fourth-order valence-electron chi connectivity index (χ4n) is 2.59. The third-order valence-corrected chi connectivity index (χ3v) is 4.60. The molecule has 0 unspecified atom stereocenters. The Bertz CT molecular complexity index is 386. The number of rotatable bonds is 7. The van der Waals surface area contributed by atoms with Gasteiger partial charge in [0.25, 0.3) is 0 Å². The van der Waals surface area contributed by atoms with E-state index in [2.05, 4.69) is 5.32 Å². The van der Waals surface area contributed by atoms with Crippen LogP contribution < -0.4 is 5.32 Å². The molecule has 1 aliphatic rings. The van der Waals surface area contributed by atoms with Crippen molar-refractivity contribution in [2.75, 3.05) is 6.54 Å². The van der Waals surface area contributed by atoms with E-state index in [4.69, 9.17) is 0 Å². The highest BCUT2D eigenvalue weighted by Gasteiger charge is 2.14. The number of thiophene rings is 1. The summed E-state index contributed by atoms with van der Waals surface area (Å²) in [7, 11) is 0. The van der Waals surface area contributed by atoms with Crippen LogP contribution in [0, 0.1) is 16.0 Å². The maximum atomic E-state index is 10.5. The van der Waals surface area contributed by atoms with Crippen LogP contribution in [0.15, 0.2) is 12.1 Å². The van der Waals surface area contributed by atoms with E-state index in [1.54, 1.807) is 6.07 Å².